The highest BCUT2D eigenvalue weighted by molar-refractivity contribution is 6.18. The maximum atomic E-state index is 5.76. The topological polar surface area (TPSA) is 9.23 Å². The van der Waals surface area contributed by atoms with E-state index < -0.39 is 0 Å². The average molecular weight is 179 g/mol. The molecule has 0 aromatic heterocycles. The molecule has 0 aliphatic heterocycles. The molecule has 1 atom stereocenters. The molecule has 0 saturated carbocycles. The molecule has 0 aromatic carbocycles. The van der Waals surface area contributed by atoms with Crippen molar-refractivity contribution in [3.63, 3.8) is 0 Å². The predicted molar refractivity (Wildman–Crippen MR) is 50.2 cm³/mol. The largest absolute Gasteiger partial charge is 0.381 e. The van der Waals surface area contributed by atoms with Gasteiger partial charge in [-0.1, -0.05) is 20.8 Å². The Morgan fingerprint density at radius 3 is 2.36 bits per heavy atom. The Labute approximate surface area is 75.1 Å². The zero-order valence-electron chi connectivity index (χ0n) is 7.77. The van der Waals surface area contributed by atoms with Gasteiger partial charge in [-0.15, -0.1) is 11.6 Å². The lowest BCUT2D eigenvalue weighted by molar-refractivity contribution is 0.0915. The molecule has 0 spiro atoms. The molecule has 68 valence electrons. The fourth-order valence-electron chi connectivity index (χ4n) is 0.794. The molecule has 0 bridgehead atoms. The predicted octanol–water partition coefficient (Wildman–Crippen LogP) is 2.92. The molecule has 0 saturated heterocycles. The molecule has 0 radical (unpaired) electrons. The molecule has 0 amide bonds. The van der Waals surface area contributed by atoms with E-state index in [-0.39, 0.29) is 0 Å². The van der Waals surface area contributed by atoms with Crippen LogP contribution < -0.4 is 0 Å². The standard InChI is InChI=1S/C9H19ClO/c1-4-5-11-7-9(6-10)8(2)3/h8-9H,4-7H2,1-3H3. The Morgan fingerprint density at radius 2 is 2.00 bits per heavy atom. The summed E-state index contributed by atoms with van der Waals surface area (Å²) in [5.41, 5.74) is 0. The van der Waals surface area contributed by atoms with E-state index in [0.717, 1.165) is 19.6 Å². The van der Waals surface area contributed by atoms with Crippen LogP contribution in [-0.2, 0) is 4.74 Å². The minimum absolute atomic E-state index is 0.517. The Kier molecular flexibility index (Phi) is 7.09. The van der Waals surface area contributed by atoms with E-state index in [2.05, 4.69) is 20.8 Å². The summed E-state index contributed by atoms with van der Waals surface area (Å²) >= 11 is 5.76. The third kappa shape index (κ3) is 5.51. The monoisotopic (exact) mass is 178 g/mol. The fraction of sp³-hybridized carbons (Fsp3) is 1.00. The molecule has 1 unspecified atom stereocenters. The van der Waals surface area contributed by atoms with Crippen molar-refractivity contribution in [1.82, 2.24) is 0 Å². The number of hydrogen-bond acceptors (Lipinski definition) is 1. The van der Waals surface area contributed by atoms with Crippen molar-refractivity contribution in [2.45, 2.75) is 27.2 Å². The zero-order valence-corrected chi connectivity index (χ0v) is 8.53. The maximum Gasteiger partial charge on any atom is 0.0508 e. The third-order valence-corrected chi connectivity index (χ3v) is 2.22. The van der Waals surface area contributed by atoms with E-state index >= 15 is 0 Å². The van der Waals surface area contributed by atoms with Gasteiger partial charge >= 0.3 is 0 Å². The lowest BCUT2D eigenvalue weighted by Crippen LogP contribution is -2.17. The number of alkyl halides is 1. The number of halogens is 1. The van der Waals surface area contributed by atoms with Gasteiger partial charge in [-0.05, 0) is 18.3 Å². The first-order valence-corrected chi connectivity index (χ1v) is 4.89. The summed E-state index contributed by atoms with van der Waals surface area (Å²) in [6.45, 7) is 8.16. The number of rotatable bonds is 6. The highest BCUT2D eigenvalue weighted by atomic mass is 35.5. The van der Waals surface area contributed by atoms with Crippen molar-refractivity contribution in [3.8, 4) is 0 Å². The average Bonchev–Trinajstić information content (AvgIpc) is 1.97. The summed E-state index contributed by atoms with van der Waals surface area (Å²) < 4.78 is 5.41. The summed E-state index contributed by atoms with van der Waals surface area (Å²) in [6, 6.07) is 0. The Balaban J connectivity index is 3.36. The van der Waals surface area contributed by atoms with Gasteiger partial charge in [0.05, 0.1) is 6.61 Å². The highest BCUT2D eigenvalue weighted by Crippen LogP contribution is 2.12. The minimum atomic E-state index is 0.517. The van der Waals surface area contributed by atoms with E-state index in [1.165, 1.54) is 0 Å². The lowest BCUT2D eigenvalue weighted by Gasteiger charge is -2.17. The molecule has 0 heterocycles. The Bertz CT molecular complexity index is 83.6. The van der Waals surface area contributed by atoms with Gasteiger partial charge in [-0.2, -0.15) is 0 Å². The van der Waals surface area contributed by atoms with E-state index in [1.807, 2.05) is 0 Å². The van der Waals surface area contributed by atoms with Crippen molar-refractivity contribution in [2.75, 3.05) is 19.1 Å². The first-order valence-electron chi connectivity index (χ1n) is 4.36. The smallest absolute Gasteiger partial charge is 0.0508 e. The highest BCUT2D eigenvalue weighted by Gasteiger charge is 2.11. The van der Waals surface area contributed by atoms with Crippen LogP contribution in [0.2, 0.25) is 0 Å². The van der Waals surface area contributed by atoms with Gasteiger partial charge in [0.15, 0.2) is 0 Å². The van der Waals surface area contributed by atoms with Crippen LogP contribution in [0.5, 0.6) is 0 Å². The molecule has 11 heavy (non-hydrogen) atoms. The van der Waals surface area contributed by atoms with Gasteiger partial charge in [-0.3, -0.25) is 0 Å². The summed E-state index contributed by atoms with van der Waals surface area (Å²) in [7, 11) is 0. The molecule has 0 rings (SSSR count). The Morgan fingerprint density at radius 1 is 1.36 bits per heavy atom. The van der Waals surface area contributed by atoms with Crippen LogP contribution in [0.1, 0.15) is 27.2 Å². The molecular formula is C9H19ClO. The molecular weight excluding hydrogens is 160 g/mol. The first kappa shape index (κ1) is 11.2. The molecule has 0 aliphatic carbocycles. The zero-order chi connectivity index (χ0) is 8.69. The normalized spacial score (nSPS) is 13.9. The molecule has 0 fully saturated rings. The van der Waals surface area contributed by atoms with Crippen LogP contribution in [0.25, 0.3) is 0 Å². The maximum absolute atomic E-state index is 5.76. The second kappa shape index (κ2) is 6.93. The molecule has 2 heteroatoms. The van der Waals surface area contributed by atoms with Gasteiger partial charge in [0.2, 0.25) is 0 Å². The molecule has 0 aromatic rings. The molecule has 0 N–H and O–H groups in total. The van der Waals surface area contributed by atoms with Crippen LogP contribution in [-0.4, -0.2) is 19.1 Å². The van der Waals surface area contributed by atoms with Crippen LogP contribution in [0.4, 0.5) is 0 Å². The SMILES string of the molecule is CCCOCC(CCl)C(C)C. The Hall–Kier alpha value is 0.250. The number of hydrogen-bond donors (Lipinski definition) is 0. The second-order valence-corrected chi connectivity index (χ2v) is 3.54. The first-order chi connectivity index (χ1) is 5.22. The van der Waals surface area contributed by atoms with Gasteiger partial charge < -0.3 is 4.74 Å². The lowest BCUT2D eigenvalue weighted by atomic mass is 9.99. The van der Waals surface area contributed by atoms with Crippen LogP contribution in [0.15, 0.2) is 0 Å². The van der Waals surface area contributed by atoms with Crippen LogP contribution in [0, 0.1) is 11.8 Å². The van der Waals surface area contributed by atoms with Gasteiger partial charge in [0, 0.05) is 12.5 Å². The summed E-state index contributed by atoms with van der Waals surface area (Å²) in [6.07, 6.45) is 1.09. The second-order valence-electron chi connectivity index (χ2n) is 3.23. The quantitative estimate of drug-likeness (QED) is 0.449. The van der Waals surface area contributed by atoms with E-state index in [0.29, 0.717) is 17.7 Å². The summed E-state index contributed by atoms with van der Waals surface area (Å²) in [4.78, 5) is 0. The minimum Gasteiger partial charge on any atom is -0.381 e. The molecule has 1 nitrogen and oxygen atoms in total. The number of ether oxygens (including phenoxy) is 1. The van der Waals surface area contributed by atoms with Crippen LogP contribution >= 0.6 is 11.6 Å². The van der Waals surface area contributed by atoms with Crippen molar-refractivity contribution < 1.29 is 4.74 Å². The van der Waals surface area contributed by atoms with Gasteiger partial charge in [0.1, 0.15) is 0 Å². The van der Waals surface area contributed by atoms with Crippen molar-refractivity contribution >= 4 is 11.6 Å². The van der Waals surface area contributed by atoms with Crippen molar-refractivity contribution in [2.24, 2.45) is 11.8 Å². The van der Waals surface area contributed by atoms with Crippen molar-refractivity contribution in [3.05, 3.63) is 0 Å². The van der Waals surface area contributed by atoms with Crippen LogP contribution in [0.3, 0.4) is 0 Å². The fourth-order valence-corrected chi connectivity index (χ4v) is 1.24. The third-order valence-electron chi connectivity index (χ3n) is 1.82. The molecule has 0 aliphatic rings. The summed E-state index contributed by atoms with van der Waals surface area (Å²) in [5.74, 6) is 1.86. The summed E-state index contributed by atoms with van der Waals surface area (Å²) in [5, 5.41) is 0. The van der Waals surface area contributed by atoms with E-state index in [4.69, 9.17) is 16.3 Å². The van der Waals surface area contributed by atoms with Crippen molar-refractivity contribution in [1.29, 1.82) is 0 Å². The van der Waals surface area contributed by atoms with Gasteiger partial charge in [0.25, 0.3) is 0 Å². The van der Waals surface area contributed by atoms with Gasteiger partial charge in [-0.25, -0.2) is 0 Å². The van der Waals surface area contributed by atoms with E-state index in [9.17, 15) is 0 Å². The van der Waals surface area contributed by atoms with E-state index in [1.54, 1.807) is 0 Å².